The number of amides is 1. The predicted molar refractivity (Wildman–Crippen MR) is 80.8 cm³/mol. The Morgan fingerprint density at radius 1 is 1.30 bits per heavy atom. The number of likely N-dealkylation sites (tertiary alicyclic amines) is 1. The van der Waals surface area contributed by atoms with Crippen LogP contribution in [-0.4, -0.2) is 54.4 Å². The van der Waals surface area contributed by atoms with Crippen LogP contribution in [0.15, 0.2) is 0 Å². The predicted octanol–water partition coefficient (Wildman–Crippen LogP) is 2.32. The number of nitrogens with one attached hydrogen (secondary N) is 1. The van der Waals surface area contributed by atoms with E-state index in [0.29, 0.717) is 25.9 Å². The second-order valence-electron chi connectivity index (χ2n) is 7.32. The molecule has 134 valence electrons. The normalized spacial score (nSPS) is 33.4. The molecule has 2 aliphatic rings. The third-order valence-electron chi connectivity index (χ3n) is 5.23. The summed E-state index contributed by atoms with van der Waals surface area (Å²) >= 11 is 0. The highest BCUT2D eigenvalue weighted by Gasteiger charge is 2.37. The molecule has 3 unspecified atom stereocenters. The van der Waals surface area contributed by atoms with Crippen molar-refractivity contribution in [3.05, 3.63) is 0 Å². The number of alkyl halides is 3. The molecule has 1 amide bonds. The van der Waals surface area contributed by atoms with E-state index in [4.69, 9.17) is 0 Å². The Bertz CT molecular complexity index is 417. The minimum absolute atomic E-state index is 0.157. The Labute approximate surface area is 135 Å². The monoisotopic (exact) mass is 336 g/mol. The summed E-state index contributed by atoms with van der Waals surface area (Å²) in [5.41, 5.74) is -0.325. The first-order valence-corrected chi connectivity index (χ1v) is 8.44. The fourth-order valence-corrected chi connectivity index (χ4v) is 3.69. The molecule has 1 aliphatic carbocycles. The van der Waals surface area contributed by atoms with Crippen molar-refractivity contribution in [1.82, 2.24) is 10.2 Å². The van der Waals surface area contributed by atoms with Crippen LogP contribution in [0.5, 0.6) is 0 Å². The van der Waals surface area contributed by atoms with Crippen LogP contribution >= 0.6 is 0 Å². The molecular formula is C16H27F3N2O2. The van der Waals surface area contributed by atoms with Crippen molar-refractivity contribution in [3.8, 4) is 0 Å². The number of hydrogen-bond donors (Lipinski definition) is 2. The Hall–Kier alpha value is -0.820. The topological polar surface area (TPSA) is 52.6 Å². The van der Waals surface area contributed by atoms with E-state index < -0.39 is 24.7 Å². The molecule has 0 aromatic rings. The van der Waals surface area contributed by atoms with Gasteiger partial charge < -0.3 is 10.4 Å². The maximum absolute atomic E-state index is 12.5. The van der Waals surface area contributed by atoms with Gasteiger partial charge in [-0.25, -0.2) is 0 Å². The van der Waals surface area contributed by atoms with Crippen LogP contribution in [0, 0.1) is 11.3 Å². The number of hydrogen-bond acceptors (Lipinski definition) is 3. The summed E-state index contributed by atoms with van der Waals surface area (Å²) in [6.07, 6.45) is 0.219. The number of piperidine rings is 1. The van der Waals surface area contributed by atoms with E-state index >= 15 is 0 Å². The van der Waals surface area contributed by atoms with Crippen molar-refractivity contribution >= 4 is 5.91 Å². The minimum atomic E-state index is -4.22. The van der Waals surface area contributed by atoms with Gasteiger partial charge in [-0.1, -0.05) is 19.8 Å². The maximum atomic E-state index is 12.5. The van der Waals surface area contributed by atoms with Crippen LogP contribution in [-0.2, 0) is 4.79 Å². The van der Waals surface area contributed by atoms with E-state index in [-0.39, 0.29) is 17.9 Å². The molecule has 0 aromatic carbocycles. The van der Waals surface area contributed by atoms with E-state index in [9.17, 15) is 23.1 Å². The molecule has 1 saturated carbocycles. The zero-order chi connectivity index (χ0) is 17.1. The largest absolute Gasteiger partial charge is 0.401 e. The zero-order valence-corrected chi connectivity index (χ0v) is 13.7. The van der Waals surface area contributed by atoms with Crippen molar-refractivity contribution in [2.75, 3.05) is 26.2 Å². The van der Waals surface area contributed by atoms with Gasteiger partial charge in [0.1, 0.15) is 0 Å². The second kappa shape index (κ2) is 7.38. The highest BCUT2D eigenvalue weighted by Crippen LogP contribution is 2.35. The van der Waals surface area contributed by atoms with Crippen LogP contribution in [0.2, 0.25) is 0 Å². The lowest BCUT2D eigenvalue weighted by Crippen LogP contribution is -2.49. The van der Waals surface area contributed by atoms with Gasteiger partial charge in [-0.05, 0) is 32.2 Å². The molecule has 2 rings (SSSR count). The van der Waals surface area contributed by atoms with Gasteiger partial charge in [-0.3, -0.25) is 9.69 Å². The third kappa shape index (κ3) is 5.35. The van der Waals surface area contributed by atoms with Gasteiger partial charge in [0, 0.05) is 18.5 Å². The molecule has 1 aliphatic heterocycles. The van der Waals surface area contributed by atoms with Crippen LogP contribution in [0.3, 0.4) is 0 Å². The van der Waals surface area contributed by atoms with Crippen molar-refractivity contribution < 1.29 is 23.1 Å². The van der Waals surface area contributed by atoms with Gasteiger partial charge in [0.25, 0.3) is 0 Å². The Kier molecular flexibility index (Phi) is 5.94. The standard InChI is InChI=1S/C16H27F3N2O2/c1-15(7-3-2-6-13(15)22)10-20-14(23)12-5-4-8-21(9-12)11-16(17,18)19/h12-13,22H,2-11H2,1H3,(H,20,23). The Balaban J connectivity index is 1.83. The summed E-state index contributed by atoms with van der Waals surface area (Å²) in [5, 5.41) is 13.0. The van der Waals surface area contributed by atoms with Gasteiger partial charge in [0.15, 0.2) is 0 Å². The first-order valence-electron chi connectivity index (χ1n) is 8.44. The lowest BCUT2D eigenvalue weighted by molar-refractivity contribution is -0.152. The molecule has 0 radical (unpaired) electrons. The van der Waals surface area contributed by atoms with Gasteiger partial charge >= 0.3 is 6.18 Å². The summed E-state index contributed by atoms with van der Waals surface area (Å²) in [7, 11) is 0. The average Bonchev–Trinajstić information content (AvgIpc) is 2.47. The summed E-state index contributed by atoms with van der Waals surface area (Å²) < 4.78 is 37.4. The smallest absolute Gasteiger partial charge is 0.392 e. The summed E-state index contributed by atoms with van der Waals surface area (Å²) in [5.74, 6) is -0.577. The summed E-state index contributed by atoms with van der Waals surface area (Å²) in [6.45, 7) is 1.95. The zero-order valence-electron chi connectivity index (χ0n) is 13.7. The van der Waals surface area contributed by atoms with Crippen molar-refractivity contribution in [3.63, 3.8) is 0 Å². The molecular weight excluding hydrogens is 309 g/mol. The molecule has 0 bridgehead atoms. The molecule has 3 atom stereocenters. The molecule has 4 nitrogen and oxygen atoms in total. The summed E-state index contributed by atoms with van der Waals surface area (Å²) in [6, 6.07) is 0. The number of aliphatic hydroxyl groups excluding tert-OH is 1. The molecule has 0 spiro atoms. The van der Waals surface area contributed by atoms with E-state index in [1.807, 2.05) is 6.92 Å². The van der Waals surface area contributed by atoms with Gasteiger partial charge in [0.05, 0.1) is 18.6 Å². The van der Waals surface area contributed by atoms with E-state index in [1.165, 1.54) is 4.90 Å². The van der Waals surface area contributed by atoms with Crippen molar-refractivity contribution in [2.24, 2.45) is 11.3 Å². The molecule has 2 fully saturated rings. The highest BCUT2D eigenvalue weighted by atomic mass is 19.4. The fourth-order valence-electron chi connectivity index (χ4n) is 3.69. The highest BCUT2D eigenvalue weighted by molar-refractivity contribution is 5.79. The SMILES string of the molecule is CC1(CNC(=O)C2CCCN(CC(F)(F)F)C2)CCCCC1O. The fraction of sp³-hybridized carbons (Fsp3) is 0.938. The van der Waals surface area contributed by atoms with Gasteiger partial charge in [0.2, 0.25) is 5.91 Å². The first-order chi connectivity index (χ1) is 10.7. The van der Waals surface area contributed by atoms with Gasteiger partial charge in [-0.2, -0.15) is 13.2 Å². The molecule has 0 aromatic heterocycles. The number of carbonyl (C=O) groups excluding carboxylic acids is 1. The molecule has 1 saturated heterocycles. The lowest BCUT2D eigenvalue weighted by Gasteiger charge is -2.39. The first kappa shape index (κ1) is 18.5. The van der Waals surface area contributed by atoms with Crippen molar-refractivity contribution in [1.29, 1.82) is 0 Å². The van der Waals surface area contributed by atoms with Crippen LogP contribution in [0.1, 0.15) is 45.4 Å². The van der Waals surface area contributed by atoms with Gasteiger partial charge in [-0.15, -0.1) is 0 Å². The number of carbonyl (C=O) groups is 1. The molecule has 1 heterocycles. The maximum Gasteiger partial charge on any atom is 0.401 e. The summed E-state index contributed by atoms with van der Waals surface area (Å²) in [4.78, 5) is 13.6. The van der Waals surface area contributed by atoms with E-state index in [2.05, 4.69) is 5.32 Å². The Morgan fingerprint density at radius 2 is 2.04 bits per heavy atom. The van der Waals surface area contributed by atoms with Crippen LogP contribution in [0.4, 0.5) is 13.2 Å². The second-order valence-corrected chi connectivity index (χ2v) is 7.32. The molecule has 7 heteroatoms. The number of rotatable bonds is 4. The number of halogens is 3. The minimum Gasteiger partial charge on any atom is -0.392 e. The third-order valence-corrected chi connectivity index (χ3v) is 5.23. The molecule has 23 heavy (non-hydrogen) atoms. The quantitative estimate of drug-likeness (QED) is 0.828. The lowest BCUT2D eigenvalue weighted by atomic mass is 9.73. The average molecular weight is 336 g/mol. The van der Waals surface area contributed by atoms with Crippen LogP contribution in [0.25, 0.3) is 0 Å². The van der Waals surface area contributed by atoms with Crippen molar-refractivity contribution in [2.45, 2.75) is 57.7 Å². The Morgan fingerprint density at radius 3 is 2.70 bits per heavy atom. The number of nitrogens with zero attached hydrogens (tertiary/aromatic N) is 1. The molecule has 2 N–H and O–H groups in total. The van der Waals surface area contributed by atoms with E-state index in [1.54, 1.807) is 0 Å². The van der Waals surface area contributed by atoms with E-state index in [0.717, 1.165) is 25.7 Å². The number of aliphatic hydroxyl groups is 1. The van der Waals surface area contributed by atoms with Crippen LogP contribution < -0.4 is 5.32 Å².